The van der Waals surface area contributed by atoms with E-state index < -0.39 is 0 Å². The van der Waals surface area contributed by atoms with Gasteiger partial charge >= 0.3 is 0 Å². The molecule has 2 N–H and O–H groups in total. The minimum absolute atomic E-state index is 0.150. The van der Waals surface area contributed by atoms with E-state index in [4.69, 9.17) is 0 Å². The van der Waals surface area contributed by atoms with Crippen LogP contribution in [-0.4, -0.2) is 33.1 Å². The molecule has 1 aliphatic heterocycles. The number of thioether (sulfide) groups is 1. The smallest absolute Gasteiger partial charge is 0.256 e. The number of aromatic nitrogens is 2. The van der Waals surface area contributed by atoms with Gasteiger partial charge < -0.3 is 10.3 Å². The zero-order chi connectivity index (χ0) is 23.4. The molecule has 0 saturated carbocycles. The highest BCUT2D eigenvalue weighted by Crippen LogP contribution is 2.21. The van der Waals surface area contributed by atoms with Gasteiger partial charge in [-0.15, -0.1) is 0 Å². The fourth-order valence-corrected chi connectivity index (χ4v) is 4.47. The van der Waals surface area contributed by atoms with Gasteiger partial charge in [-0.25, -0.2) is 9.37 Å². The molecule has 0 aliphatic carbocycles. The lowest BCUT2D eigenvalue weighted by Gasteiger charge is -2.27. The number of anilines is 1. The molecule has 0 bridgehead atoms. The first-order valence-corrected chi connectivity index (χ1v) is 12.0. The SMILES string of the molecule is CC(C)c1ccc(NC(=O)CSc2nc3c(c(=O)[nH]2)CN(Cc2ccc(F)cc2)CC3)cc1. The van der Waals surface area contributed by atoms with Crippen molar-refractivity contribution < 1.29 is 9.18 Å². The molecule has 6 nitrogen and oxygen atoms in total. The molecule has 0 spiro atoms. The lowest BCUT2D eigenvalue weighted by atomic mass is 10.0. The molecule has 0 unspecified atom stereocenters. The average molecular weight is 467 g/mol. The third-order valence-electron chi connectivity index (χ3n) is 5.65. The van der Waals surface area contributed by atoms with Crippen LogP contribution in [0.4, 0.5) is 10.1 Å². The van der Waals surface area contributed by atoms with E-state index in [1.165, 1.54) is 29.5 Å². The highest BCUT2D eigenvalue weighted by molar-refractivity contribution is 7.99. The molecule has 0 radical (unpaired) electrons. The largest absolute Gasteiger partial charge is 0.325 e. The second kappa shape index (κ2) is 10.3. The van der Waals surface area contributed by atoms with Crippen molar-refractivity contribution in [1.29, 1.82) is 0 Å². The van der Waals surface area contributed by atoms with Crippen molar-refractivity contribution in [3.63, 3.8) is 0 Å². The van der Waals surface area contributed by atoms with Gasteiger partial charge in [0.25, 0.3) is 5.56 Å². The molecule has 1 aromatic heterocycles. The van der Waals surface area contributed by atoms with Gasteiger partial charge in [0.2, 0.25) is 5.91 Å². The molecule has 33 heavy (non-hydrogen) atoms. The zero-order valence-electron chi connectivity index (χ0n) is 18.7. The van der Waals surface area contributed by atoms with Gasteiger partial charge in [-0.3, -0.25) is 14.5 Å². The van der Waals surface area contributed by atoms with Crippen molar-refractivity contribution in [2.45, 2.75) is 44.4 Å². The van der Waals surface area contributed by atoms with E-state index >= 15 is 0 Å². The topological polar surface area (TPSA) is 78.1 Å². The Kier molecular flexibility index (Phi) is 7.25. The lowest BCUT2D eigenvalue weighted by molar-refractivity contribution is -0.113. The van der Waals surface area contributed by atoms with Crippen molar-refractivity contribution in [3.05, 3.63) is 87.1 Å². The molecule has 2 heterocycles. The number of carbonyl (C=O) groups excluding carboxylic acids is 1. The Morgan fingerprint density at radius 1 is 1.18 bits per heavy atom. The summed E-state index contributed by atoms with van der Waals surface area (Å²) >= 11 is 1.22. The molecular formula is C25H27FN4O2S. The van der Waals surface area contributed by atoms with Gasteiger partial charge in [0.1, 0.15) is 5.82 Å². The maximum atomic E-state index is 13.1. The number of nitrogens with zero attached hydrogens (tertiary/aromatic N) is 2. The average Bonchev–Trinajstić information content (AvgIpc) is 2.80. The fourth-order valence-electron chi connectivity index (χ4n) is 3.79. The molecule has 0 saturated heterocycles. The quantitative estimate of drug-likeness (QED) is 0.401. The van der Waals surface area contributed by atoms with Crippen molar-refractivity contribution in [2.75, 3.05) is 17.6 Å². The first kappa shape index (κ1) is 23.2. The summed E-state index contributed by atoms with van der Waals surface area (Å²) < 4.78 is 13.1. The van der Waals surface area contributed by atoms with Crippen LogP contribution in [0.15, 0.2) is 58.5 Å². The van der Waals surface area contributed by atoms with Crippen LogP contribution in [0.25, 0.3) is 0 Å². The molecule has 3 aromatic rings. The van der Waals surface area contributed by atoms with Crippen molar-refractivity contribution in [2.24, 2.45) is 0 Å². The van der Waals surface area contributed by atoms with Crippen LogP contribution in [0.2, 0.25) is 0 Å². The Bertz CT molecular complexity index is 1180. The monoisotopic (exact) mass is 466 g/mol. The lowest BCUT2D eigenvalue weighted by Crippen LogP contribution is -2.35. The van der Waals surface area contributed by atoms with E-state index in [0.29, 0.717) is 36.1 Å². The maximum Gasteiger partial charge on any atom is 0.256 e. The predicted molar refractivity (Wildman–Crippen MR) is 129 cm³/mol. The number of rotatable bonds is 7. The number of hydrogen-bond acceptors (Lipinski definition) is 5. The zero-order valence-corrected chi connectivity index (χ0v) is 19.5. The minimum atomic E-state index is -0.258. The molecule has 0 fully saturated rings. The van der Waals surface area contributed by atoms with Crippen LogP contribution in [0.3, 0.4) is 0 Å². The second-order valence-corrected chi connectivity index (χ2v) is 9.46. The number of benzene rings is 2. The second-order valence-electron chi connectivity index (χ2n) is 8.50. The van der Waals surface area contributed by atoms with Gasteiger partial charge in [0.15, 0.2) is 5.16 Å². The number of aromatic amines is 1. The summed E-state index contributed by atoms with van der Waals surface area (Å²) in [6.07, 6.45) is 0.655. The van der Waals surface area contributed by atoms with Gasteiger partial charge in [-0.05, 0) is 41.3 Å². The van der Waals surface area contributed by atoms with Crippen LogP contribution in [0.1, 0.15) is 42.1 Å². The van der Waals surface area contributed by atoms with Crippen molar-refractivity contribution in [1.82, 2.24) is 14.9 Å². The predicted octanol–water partition coefficient (Wildman–Crippen LogP) is 4.32. The molecule has 0 atom stereocenters. The molecule has 8 heteroatoms. The van der Waals surface area contributed by atoms with E-state index in [1.54, 1.807) is 12.1 Å². The number of halogens is 1. The maximum absolute atomic E-state index is 13.1. The van der Waals surface area contributed by atoms with Gasteiger partial charge in [-0.2, -0.15) is 0 Å². The first-order chi connectivity index (χ1) is 15.9. The third-order valence-corrected chi connectivity index (χ3v) is 6.52. The summed E-state index contributed by atoms with van der Waals surface area (Å²) in [4.78, 5) is 34.5. The Morgan fingerprint density at radius 2 is 1.91 bits per heavy atom. The van der Waals surface area contributed by atoms with Crippen LogP contribution >= 0.6 is 11.8 Å². The summed E-state index contributed by atoms with van der Waals surface area (Å²) in [5.74, 6) is 0.186. The number of hydrogen-bond donors (Lipinski definition) is 2. The highest BCUT2D eigenvalue weighted by atomic mass is 32.2. The van der Waals surface area contributed by atoms with Crippen LogP contribution in [-0.2, 0) is 24.3 Å². The Labute approximate surface area is 196 Å². The summed E-state index contributed by atoms with van der Waals surface area (Å²) in [5, 5.41) is 3.33. The van der Waals surface area contributed by atoms with E-state index in [2.05, 4.69) is 34.0 Å². The number of fused-ring (bicyclic) bond motifs is 1. The molecule has 1 amide bonds. The Morgan fingerprint density at radius 3 is 2.61 bits per heavy atom. The Hall–Kier alpha value is -2.97. The Balaban J connectivity index is 1.34. The van der Waals surface area contributed by atoms with Crippen LogP contribution in [0, 0.1) is 5.82 Å². The fraction of sp³-hybridized carbons (Fsp3) is 0.320. The number of nitrogens with one attached hydrogen (secondary N) is 2. The summed E-state index contributed by atoms with van der Waals surface area (Å²) in [6, 6.07) is 14.2. The summed E-state index contributed by atoms with van der Waals surface area (Å²) in [7, 11) is 0. The van der Waals surface area contributed by atoms with E-state index in [0.717, 1.165) is 23.5 Å². The summed E-state index contributed by atoms with van der Waals surface area (Å²) in [6.45, 7) is 6.15. The normalized spacial score (nSPS) is 13.7. The van der Waals surface area contributed by atoms with Gasteiger partial charge in [0, 0.05) is 31.7 Å². The van der Waals surface area contributed by atoms with Crippen LogP contribution in [0.5, 0.6) is 0 Å². The molecule has 172 valence electrons. The van der Waals surface area contributed by atoms with Gasteiger partial charge in [0.05, 0.1) is 17.0 Å². The van der Waals surface area contributed by atoms with E-state index in [1.807, 2.05) is 24.3 Å². The van der Waals surface area contributed by atoms with E-state index in [-0.39, 0.29) is 23.0 Å². The highest BCUT2D eigenvalue weighted by Gasteiger charge is 2.21. The first-order valence-electron chi connectivity index (χ1n) is 11.0. The minimum Gasteiger partial charge on any atom is -0.325 e. The number of H-pyrrole nitrogens is 1. The van der Waals surface area contributed by atoms with Crippen LogP contribution < -0.4 is 10.9 Å². The van der Waals surface area contributed by atoms with Gasteiger partial charge in [-0.1, -0.05) is 49.9 Å². The summed E-state index contributed by atoms with van der Waals surface area (Å²) in [5.41, 5.74) is 4.23. The molecular weight excluding hydrogens is 439 g/mol. The van der Waals surface area contributed by atoms with E-state index in [9.17, 15) is 14.0 Å². The standard InChI is InChI=1S/C25H27FN4O2S/c1-16(2)18-5-9-20(10-6-18)27-23(31)15-33-25-28-22-11-12-30(14-21(22)24(32)29-25)13-17-3-7-19(26)8-4-17/h3-10,16H,11-15H2,1-2H3,(H,27,31)(H,28,29,32). The number of carbonyl (C=O) groups is 1. The molecule has 4 rings (SSSR count). The number of amides is 1. The van der Waals surface area contributed by atoms with Crippen molar-refractivity contribution in [3.8, 4) is 0 Å². The molecule has 2 aromatic carbocycles. The molecule has 1 aliphatic rings. The third kappa shape index (κ3) is 6.09. The van der Waals surface area contributed by atoms with Crippen molar-refractivity contribution >= 4 is 23.4 Å².